The molecule has 0 radical (unpaired) electrons. The van der Waals surface area contributed by atoms with Crippen molar-refractivity contribution in [3.05, 3.63) is 70.7 Å². The summed E-state index contributed by atoms with van der Waals surface area (Å²) in [7, 11) is -1.15. The number of halogens is 1. The van der Waals surface area contributed by atoms with Crippen LogP contribution >= 0.6 is 11.6 Å². The van der Waals surface area contributed by atoms with Gasteiger partial charge in [0.2, 0.25) is 0 Å². The zero-order valence-corrected chi connectivity index (χ0v) is 21.6. The third kappa shape index (κ3) is 5.78. The van der Waals surface area contributed by atoms with Crippen LogP contribution in [0.3, 0.4) is 0 Å². The van der Waals surface area contributed by atoms with E-state index in [1.54, 1.807) is 12.1 Å². The molecular weight excluding hydrogens is 474 g/mol. The van der Waals surface area contributed by atoms with Crippen molar-refractivity contribution in [2.75, 3.05) is 46.8 Å². The first kappa shape index (κ1) is 26.2. The number of hydrogen-bond donors (Lipinski definition) is 0. The fourth-order valence-electron chi connectivity index (χ4n) is 3.86. The summed E-state index contributed by atoms with van der Waals surface area (Å²) in [5.41, 5.74) is 2.53. The lowest BCUT2D eigenvalue weighted by Gasteiger charge is -2.30. The van der Waals surface area contributed by atoms with Gasteiger partial charge in [0.1, 0.15) is 0 Å². The van der Waals surface area contributed by atoms with Crippen LogP contribution in [0.15, 0.2) is 59.7 Å². The Labute approximate surface area is 207 Å². The molecule has 1 aliphatic rings. The maximum atomic E-state index is 13.6. The smallest absolute Gasteiger partial charge is 0.302 e. The number of rotatable bonds is 9. The molecule has 2 aromatic rings. The van der Waals surface area contributed by atoms with Crippen molar-refractivity contribution in [1.29, 1.82) is 0 Å². The minimum Gasteiger partial charge on any atom is -0.302 e. The first-order chi connectivity index (χ1) is 16.2. The molecule has 1 unspecified atom stereocenters. The zero-order valence-electron chi connectivity index (χ0n) is 20.1. The summed E-state index contributed by atoms with van der Waals surface area (Å²) in [6.45, 7) is 6.26. The normalized spacial score (nSPS) is 16.3. The fraction of sp³-hybridized carbons (Fsp3) is 0.417. The van der Waals surface area contributed by atoms with E-state index in [4.69, 9.17) is 11.6 Å². The van der Waals surface area contributed by atoms with E-state index in [0.717, 1.165) is 32.8 Å². The van der Waals surface area contributed by atoms with E-state index >= 15 is 0 Å². The molecule has 10 heteroatoms. The van der Waals surface area contributed by atoms with Gasteiger partial charge in [-0.1, -0.05) is 67.9 Å². The Bertz CT molecular complexity index is 1100. The number of hydrazone groups is 1. The molecule has 0 saturated carbocycles. The van der Waals surface area contributed by atoms with E-state index < -0.39 is 16.2 Å². The van der Waals surface area contributed by atoms with Gasteiger partial charge in [-0.15, -0.1) is 0 Å². The predicted octanol–water partition coefficient (Wildman–Crippen LogP) is 3.71. The van der Waals surface area contributed by atoms with Crippen molar-refractivity contribution in [3.8, 4) is 0 Å². The van der Waals surface area contributed by atoms with Crippen LogP contribution in [0.5, 0.6) is 0 Å². The van der Waals surface area contributed by atoms with Gasteiger partial charge in [0.25, 0.3) is 0 Å². The van der Waals surface area contributed by atoms with Gasteiger partial charge in [-0.2, -0.15) is 17.8 Å². The Morgan fingerprint density at radius 2 is 1.65 bits per heavy atom. The molecule has 34 heavy (non-hydrogen) atoms. The topological polar surface area (TPSA) is 76.5 Å². The number of likely N-dealkylation sites (N-methyl/N-ethyl adjacent to an activating group) is 1. The van der Waals surface area contributed by atoms with Gasteiger partial charge < -0.3 is 4.90 Å². The van der Waals surface area contributed by atoms with Gasteiger partial charge in [-0.05, 0) is 36.3 Å². The van der Waals surface area contributed by atoms with Crippen LogP contribution in [0.1, 0.15) is 30.9 Å². The first-order valence-electron chi connectivity index (χ1n) is 11.3. The number of hydrogen-bond acceptors (Lipinski definition) is 5. The van der Waals surface area contributed by atoms with Crippen LogP contribution < -0.4 is 0 Å². The Kier molecular flexibility index (Phi) is 8.70. The van der Waals surface area contributed by atoms with Crippen molar-refractivity contribution in [2.45, 2.75) is 19.8 Å². The molecule has 2 amide bonds. The lowest BCUT2D eigenvalue weighted by atomic mass is 9.91. The minimum absolute atomic E-state index is 0.0410. The lowest BCUT2D eigenvalue weighted by Crippen LogP contribution is -2.50. The molecule has 0 fully saturated rings. The highest BCUT2D eigenvalue weighted by atomic mass is 35.5. The standard InChI is InChI=1S/C24H32ClN5O3S/c1-5-28(6-2)16-17-30(34(32,33)27(3)4)24(31)29-18-22(19-10-8-7-9-11-19)23(26-29)20-12-14-21(25)15-13-20/h7-15,22H,5-6,16-18H2,1-4H3. The monoisotopic (exact) mass is 505 g/mol. The molecule has 1 aliphatic heterocycles. The summed E-state index contributed by atoms with van der Waals surface area (Å²) in [6, 6.07) is 16.4. The van der Waals surface area contributed by atoms with Gasteiger partial charge in [-0.25, -0.2) is 14.1 Å². The number of amides is 2. The summed E-state index contributed by atoms with van der Waals surface area (Å²) in [5, 5.41) is 6.50. The van der Waals surface area contributed by atoms with Crippen molar-refractivity contribution < 1.29 is 13.2 Å². The third-order valence-electron chi connectivity index (χ3n) is 5.94. The maximum absolute atomic E-state index is 13.6. The molecule has 0 N–H and O–H groups in total. The van der Waals surface area contributed by atoms with Crippen molar-refractivity contribution >= 4 is 33.6 Å². The van der Waals surface area contributed by atoms with Crippen LogP contribution in [-0.4, -0.2) is 85.5 Å². The molecule has 1 heterocycles. The Hall–Kier alpha value is -2.46. The van der Waals surface area contributed by atoms with E-state index in [9.17, 15) is 13.2 Å². The van der Waals surface area contributed by atoms with Crippen LogP contribution in [0.2, 0.25) is 5.02 Å². The molecular formula is C24H32ClN5O3S. The second-order valence-corrected chi connectivity index (χ2v) is 10.7. The number of carbonyl (C=O) groups excluding carboxylic acids is 1. The minimum atomic E-state index is -4.00. The second-order valence-electron chi connectivity index (χ2n) is 8.21. The molecule has 1 atom stereocenters. The van der Waals surface area contributed by atoms with Gasteiger partial charge in [0.15, 0.2) is 0 Å². The zero-order chi connectivity index (χ0) is 24.9. The van der Waals surface area contributed by atoms with Gasteiger partial charge in [0, 0.05) is 31.6 Å². The number of benzene rings is 2. The van der Waals surface area contributed by atoms with E-state index in [0.29, 0.717) is 17.3 Å². The summed E-state index contributed by atoms with van der Waals surface area (Å²) in [5.74, 6) is -0.196. The van der Waals surface area contributed by atoms with E-state index in [2.05, 4.69) is 10.0 Å². The van der Waals surface area contributed by atoms with Crippen LogP contribution in [0, 0.1) is 0 Å². The number of nitrogens with zero attached hydrogens (tertiary/aromatic N) is 5. The Balaban J connectivity index is 1.97. The van der Waals surface area contributed by atoms with Crippen molar-refractivity contribution in [1.82, 2.24) is 18.5 Å². The fourth-order valence-corrected chi connectivity index (χ4v) is 4.98. The van der Waals surface area contributed by atoms with Gasteiger partial charge >= 0.3 is 16.2 Å². The summed E-state index contributed by atoms with van der Waals surface area (Å²) in [4.78, 5) is 15.7. The first-order valence-corrected chi connectivity index (χ1v) is 13.1. The molecule has 3 rings (SSSR count). The van der Waals surface area contributed by atoms with Crippen LogP contribution in [-0.2, 0) is 10.2 Å². The van der Waals surface area contributed by atoms with E-state index in [1.165, 1.54) is 19.1 Å². The lowest BCUT2D eigenvalue weighted by molar-refractivity contribution is 0.175. The SMILES string of the molecule is CCN(CC)CCN(C(=O)N1CC(c2ccccc2)C(c2ccc(Cl)cc2)=N1)S(=O)(=O)N(C)C. The van der Waals surface area contributed by atoms with E-state index in [-0.39, 0.29) is 19.0 Å². The highest BCUT2D eigenvalue weighted by Crippen LogP contribution is 2.30. The third-order valence-corrected chi connectivity index (χ3v) is 8.01. The molecule has 0 spiro atoms. The van der Waals surface area contributed by atoms with Crippen molar-refractivity contribution in [3.63, 3.8) is 0 Å². The summed E-state index contributed by atoms with van der Waals surface area (Å²) in [6.07, 6.45) is 0. The quantitative estimate of drug-likeness (QED) is 0.520. The summed E-state index contributed by atoms with van der Waals surface area (Å²) < 4.78 is 28.1. The molecule has 0 bridgehead atoms. The second kappa shape index (κ2) is 11.3. The highest BCUT2D eigenvalue weighted by Gasteiger charge is 2.38. The molecule has 184 valence electrons. The van der Waals surface area contributed by atoms with Crippen LogP contribution in [0.25, 0.3) is 0 Å². The predicted molar refractivity (Wildman–Crippen MR) is 136 cm³/mol. The Morgan fingerprint density at radius 3 is 2.21 bits per heavy atom. The maximum Gasteiger partial charge on any atom is 0.355 e. The number of carbonyl (C=O) groups is 1. The average molecular weight is 506 g/mol. The van der Waals surface area contributed by atoms with Crippen molar-refractivity contribution in [2.24, 2.45) is 5.10 Å². The summed E-state index contributed by atoms with van der Waals surface area (Å²) >= 11 is 6.07. The molecule has 0 aromatic heterocycles. The molecule has 8 nitrogen and oxygen atoms in total. The van der Waals surface area contributed by atoms with E-state index in [1.807, 2.05) is 56.3 Å². The Morgan fingerprint density at radius 1 is 1.03 bits per heavy atom. The van der Waals surface area contributed by atoms with Gasteiger partial charge in [-0.3, -0.25) is 0 Å². The van der Waals surface area contributed by atoms with Gasteiger partial charge in [0.05, 0.1) is 18.8 Å². The largest absolute Gasteiger partial charge is 0.355 e. The highest BCUT2D eigenvalue weighted by molar-refractivity contribution is 7.87. The van der Waals surface area contributed by atoms with Crippen LogP contribution in [0.4, 0.5) is 4.79 Å². The molecule has 0 saturated heterocycles. The molecule has 0 aliphatic carbocycles. The average Bonchev–Trinajstić information content (AvgIpc) is 3.28. The number of urea groups is 1. The molecule has 2 aromatic carbocycles.